The third kappa shape index (κ3) is 3.10. The summed E-state index contributed by atoms with van der Waals surface area (Å²) in [5.41, 5.74) is 2.06. The van der Waals surface area contributed by atoms with Crippen LogP contribution in [0.1, 0.15) is 13.3 Å². The first-order chi connectivity index (χ1) is 13.0. The fourth-order valence-corrected chi connectivity index (χ4v) is 3.69. The van der Waals surface area contributed by atoms with E-state index in [1.54, 1.807) is 7.05 Å². The molecule has 0 saturated carbocycles. The molecule has 3 aliphatic heterocycles. The molecule has 3 aliphatic rings. The lowest BCUT2D eigenvalue weighted by atomic mass is 10.1. The van der Waals surface area contributed by atoms with Crippen LogP contribution in [0.2, 0.25) is 5.02 Å². The van der Waals surface area contributed by atoms with Gasteiger partial charge in [-0.15, -0.1) is 0 Å². The second kappa shape index (κ2) is 6.77. The van der Waals surface area contributed by atoms with Crippen molar-refractivity contribution >= 4 is 35.2 Å². The third-order valence-corrected chi connectivity index (χ3v) is 5.25. The Hall–Kier alpha value is -2.74. The van der Waals surface area contributed by atoms with Gasteiger partial charge in [-0.3, -0.25) is 10.1 Å². The monoisotopic (exact) mass is 388 g/mol. The van der Waals surface area contributed by atoms with Gasteiger partial charge in [-0.25, -0.2) is 9.79 Å². The predicted molar refractivity (Wildman–Crippen MR) is 103 cm³/mol. The van der Waals surface area contributed by atoms with Gasteiger partial charge in [0, 0.05) is 42.7 Å². The van der Waals surface area contributed by atoms with E-state index >= 15 is 0 Å². The minimum absolute atomic E-state index is 0.308. The zero-order valence-electron chi connectivity index (χ0n) is 15.1. The van der Waals surface area contributed by atoms with E-state index in [9.17, 15) is 9.59 Å². The number of hydrogen-bond donors (Lipinski definition) is 2. The number of carbonyl (C=O) groups excluding carboxylic acids is 2. The van der Waals surface area contributed by atoms with Crippen LogP contribution >= 0.6 is 11.6 Å². The van der Waals surface area contributed by atoms with Gasteiger partial charge in [0.15, 0.2) is 12.2 Å². The standard InChI is InChI=1S/C18H21ClN6O2/c1-11-10-25-14-15(23(2)18(27)22-16(14)26)21-17(25)24(11)9-3-8-20-13-6-4-12(19)5-7-13/h4-7,10,14-15,20H,3,8-9H2,1-2H3,(H,22,26,27). The van der Waals surface area contributed by atoms with Gasteiger partial charge in [0.1, 0.15) is 0 Å². The Kier molecular flexibility index (Phi) is 4.43. The predicted octanol–water partition coefficient (Wildman–Crippen LogP) is 1.87. The zero-order chi connectivity index (χ0) is 19.1. The van der Waals surface area contributed by atoms with Gasteiger partial charge in [0.2, 0.25) is 5.96 Å². The quantitative estimate of drug-likeness (QED) is 0.753. The molecular weight excluding hydrogens is 368 g/mol. The van der Waals surface area contributed by atoms with Gasteiger partial charge in [0.05, 0.1) is 0 Å². The number of fused-ring (bicyclic) bond motifs is 3. The Morgan fingerprint density at radius 2 is 2.00 bits per heavy atom. The molecule has 4 rings (SSSR count). The number of anilines is 1. The van der Waals surface area contributed by atoms with E-state index in [2.05, 4.69) is 20.5 Å². The summed E-state index contributed by atoms with van der Waals surface area (Å²) in [4.78, 5) is 34.2. The van der Waals surface area contributed by atoms with Crippen molar-refractivity contribution in [1.29, 1.82) is 0 Å². The largest absolute Gasteiger partial charge is 0.385 e. The number of amides is 3. The van der Waals surface area contributed by atoms with Crippen LogP contribution < -0.4 is 10.6 Å². The molecule has 9 heteroatoms. The number of carbonyl (C=O) groups is 2. The van der Waals surface area contributed by atoms with Crippen LogP contribution in [-0.4, -0.2) is 64.9 Å². The van der Waals surface area contributed by atoms with Gasteiger partial charge in [-0.05, 0) is 37.6 Å². The molecule has 2 atom stereocenters. The molecule has 27 heavy (non-hydrogen) atoms. The summed E-state index contributed by atoms with van der Waals surface area (Å²) in [6.45, 7) is 3.56. The topological polar surface area (TPSA) is 80.3 Å². The Bertz CT molecular complexity index is 837. The Morgan fingerprint density at radius 3 is 2.74 bits per heavy atom. The van der Waals surface area contributed by atoms with Crippen molar-refractivity contribution in [2.24, 2.45) is 4.99 Å². The first kappa shape index (κ1) is 17.7. The van der Waals surface area contributed by atoms with Gasteiger partial charge in [-0.2, -0.15) is 0 Å². The number of rotatable bonds is 5. The SMILES string of the molecule is CC1=CN2C(=NC3C2C(=O)NC(=O)N3C)N1CCCNc1ccc(Cl)cc1. The number of halogens is 1. The van der Waals surface area contributed by atoms with E-state index in [1.807, 2.05) is 42.3 Å². The smallest absolute Gasteiger partial charge is 0.325 e. The summed E-state index contributed by atoms with van der Waals surface area (Å²) in [5, 5.41) is 6.46. The van der Waals surface area contributed by atoms with Crippen molar-refractivity contribution in [1.82, 2.24) is 20.0 Å². The molecule has 1 fully saturated rings. The van der Waals surface area contributed by atoms with E-state index < -0.39 is 18.2 Å². The normalized spacial score (nSPS) is 23.7. The van der Waals surface area contributed by atoms with Crippen LogP contribution in [0.5, 0.6) is 0 Å². The molecule has 1 aromatic rings. The number of nitrogens with zero attached hydrogens (tertiary/aromatic N) is 4. The second-order valence-corrected chi connectivity index (χ2v) is 7.25. The summed E-state index contributed by atoms with van der Waals surface area (Å²) >= 11 is 5.90. The maximum Gasteiger partial charge on any atom is 0.325 e. The summed E-state index contributed by atoms with van der Waals surface area (Å²) < 4.78 is 0. The number of likely N-dealkylation sites (N-methyl/N-ethyl adjacent to an activating group) is 1. The highest BCUT2D eigenvalue weighted by atomic mass is 35.5. The molecule has 3 amide bonds. The number of benzene rings is 1. The Balaban J connectivity index is 1.39. The lowest BCUT2D eigenvalue weighted by Crippen LogP contribution is -2.62. The Labute approximate surface area is 162 Å². The van der Waals surface area contributed by atoms with Crippen LogP contribution in [0, 0.1) is 0 Å². The maximum atomic E-state index is 12.3. The molecule has 0 bridgehead atoms. The molecule has 142 valence electrons. The van der Waals surface area contributed by atoms with Crippen LogP contribution in [0.4, 0.5) is 10.5 Å². The van der Waals surface area contributed by atoms with E-state index in [1.165, 1.54) is 4.90 Å². The number of aliphatic imine (C=N–C) groups is 1. The zero-order valence-corrected chi connectivity index (χ0v) is 15.9. The molecule has 8 nitrogen and oxygen atoms in total. The third-order valence-electron chi connectivity index (χ3n) is 5.00. The van der Waals surface area contributed by atoms with Crippen molar-refractivity contribution < 1.29 is 9.59 Å². The highest BCUT2D eigenvalue weighted by Gasteiger charge is 2.51. The van der Waals surface area contributed by atoms with E-state index in [4.69, 9.17) is 11.6 Å². The van der Waals surface area contributed by atoms with Crippen LogP contribution in [0.25, 0.3) is 0 Å². The van der Waals surface area contributed by atoms with Crippen molar-refractivity contribution in [3.8, 4) is 0 Å². The Morgan fingerprint density at radius 1 is 1.26 bits per heavy atom. The average Bonchev–Trinajstić information content (AvgIpc) is 3.14. The van der Waals surface area contributed by atoms with Crippen LogP contribution in [0.15, 0.2) is 41.2 Å². The second-order valence-electron chi connectivity index (χ2n) is 6.81. The van der Waals surface area contributed by atoms with Gasteiger partial charge in [-0.1, -0.05) is 11.6 Å². The minimum atomic E-state index is -0.505. The number of urea groups is 1. The summed E-state index contributed by atoms with van der Waals surface area (Å²) in [6, 6.07) is 6.69. The van der Waals surface area contributed by atoms with Crippen molar-refractivity contribution in [3.05, 3.63) is 41.2 Å². The number of allylic oxidation sites excluding steroid dienone is 1. The van der Waals surface area contributed by atoms with Gasteiger partial charge < -0.3 is 20.0 Å². The van der Waals surface area contributed by atoms with Crippen molar-refractivity contribution in [3.63, 3.8) is 0 Å². The highest BCUT2D eigenvalue weighted by Crippen LogP contribution is 2.31. The van der Waals surface area contributed by atoms with E-state index in [0.717, 1.165) is 36.9 Å². The number of guanidine groups is 1. The van der Waals surface area contributed by atoms with E-state index in [-0.39, 0.29) is 5.91 Å². The van der Waals surface area contributed by atoms with Crippen LogP contribution in [-0.2, 0) is 4.79 Å². The molecular formula is C18H21ClN6O2. The van der Waals surface area contributed by atoms with Crippen molar-refractivity contribution in [2.45, 2.75) is 25.6 Å². The lowest BCUT2D eigenvalue weighted by molar-refractivity contribution is -0.126. The first-order valence-corrected chi connectivity index (χ1v) is 9.23. The molecule has 0 radical (unpaired) electrons. The molecule has 1 saturated heterocycles. The summed E-state index contributed by atoms with van der Waals surface area (Å²) in [6.07, 6.45) is 2.33. The lowest BCUT2D eigenvalue weighted by Gasteiger charge is -2.34. The van der Waals surface area contributed by atoms with Gasteiger partial charge in [0.25, 0.3) is 5.91 Å². The molecule has 1 aromatic carbocycles. The molecule has 2 unspecified atom stereocenters. The number of hydrogen-bond acceptors (Lipinski definition) is 6. The molecule has 0 aliphatic carbocycles. The van der Waals surface area contributed by atoms with E-state index in [0.29, 0.717) is 5.02 Å². The van der Waals surface area contributed by atoms with Gasteiger partial charge >= 0.3 is 6.03 Å². The molecule has 0 aromatic heterocycles. The average molecular weight is 389 g/mol. The molecule has 2 N–H and O–H groups in total. The fraction of sp³-hybridized carbons (Fsp3) is 0.389. The first-order valence-electron chi connectivity index (χ1n) is 8.85. The van der Waals surface area contributed by atoms with Crippen LogP contribution in [0.3, 0.4) is 0 Å². The summed E-state index contributed by atoms with van der Waals surface area (Å²) in [7, 11) is 1.66. The fourth-order valence-electron chi connectivity index (χ4n) is 3.56. The number of imide groups is 1. The maximum absolute atomic E-state index is 12.3. The number of nitrogens with one attached hydrogen (secondary N) is 2. The minimum Gasteiger partial charge on any atom is -0.385 e. The van der Waals surface area contributed by atoms with Crippen molar-refractivity contribution in [2.75, 3.05) is 25.5 Å². The highest BCUT2D eigenvalue weighted by molar-refractivity contribution is 6.30. The molecule has 3 heterocycles. The summed E-state index contributed by atoms with van der Waals surface area (Å²) in [5.74, 6) is 0.419. The molecule has 0 spiro atoms.